The molecule has 0 amide bonds. The SMILES string of the molecule is CC(C)(C)[Si](C)(C)OCCc1csc(CO)c1.[Na]. The molecule has 1 heterocycles. The Kier molecular flexibility index (Phi) is 7.93. The van der Waals surface area contributed by atoms with Gasteiger partial charge in [0.2, 0.25) is 0 Å². The van der Waals surface area contributed by atoms with Gasteiger partial charge in [-0.25, -0.2) is 0 Å². The van der Waals surface area contributed by atoms with Gasteiger partial charge in [0.1, 0.15) is 0 Å². The van der Waals surface area contributed by atoms with Crippen LogP contribution in [0.5, 0.6) is 0 Å². The van der Waals surface area contributed by atoms with Crippen LogP contribution in [-0.4, -0.2) is 49.6 Å². The van der Waals surface area contributed by atoms with Gasteiger partial charge in [-0.1, -0.05) is 20.8 Å². The van der Waals surface area contributed by atoms with Crippen molar-refractivity contribution in [2.45, 2.75) is 51.9 Å². The molecule has 0 atom stereocenters. The molecule has 1 aromatic rings. The summed E-state index contributed by atoms with van der Waals surface area (Å²) in [5.41, 5.74) is 1.28. The van der Waals surface area contributed by atoms with Crippen LogP contribution in [0.2, 0.25) is 18.1 Å². The zero-order valence-corrected chi connectivity index (χ0v) is 16.4. The molecule has 0 unspecified atom stereocenters. The summed E-state index contributed by atoms with van der Waals surface area (Å²) in [7, 11) is -1.61. The molecule has 0 aromatic carbocycles. The molecule has 99 valence electrons. The summed E-state index contributed by atoms with van der Waals surface area (Å²) in [4.78, 5) is 1.03. The van der Waals surface area contributed by atoms with Crippen molar-refractivity contribution < 1.29 is 9.53 Å². The zero-order chi connectivity index (χ0) is 13.1. The Labute approximate surface area is 138 Å². The van der Waals surface area contributed by atoms with Crippen molar-refractivity contribution in [1.82, 2.24) is 0 Å². The average Bonchev–Trinajstić information content (AvgIpc) is 2.63. The molecule has 1 aromatic heterocycles. The number of hydrogen-bond donors (Lipinski definition) is 1. The largest absolute Gasteiger partial charge is 0.416 e. The smallest absolute Gasteiger partial charge is 0.191 e. The second-order valence-corrected chi connectivity index (χ2v) is 11.7. The van der Waals surface area contributed by atoms with Crippen LogP contribution >= 0.6 is 11.3 Å². The van der Waals surface area contributed by atoms with E-state index in [9.17, 15) is 0 Å². The Bertz CT molecular complexity index is 358. The van der Waals surface area contributed by atoms with Crippen molar-refractivity contribution in [2.75, 3.05) is 6.61 Å². The number of thiophene rings is 1. The normalized spacial score (nSPS) is 12.3. The fraction of sp³-hybridized carbons (Fsp3) is 0.692. The summed E-state index contributed by atoms with van der Waals surface area (Å²) in [6.07, 6.45) is 0.947. The maximum Gasteiger partial charge on any atom is 0.191 e. The summed E-state index contributed by atoms with van der Waals surface area (Å²) < 4.78 is 6.12. The van der Waals surface area contributed by atoms with Crippen LogP contribution in [0.3, 0.4) is 0 Å². The van der Waals surface area contributed by atoms with Gasteiger partial charge in [0.15, 0.2) is 8.32 Å². The molecule has 0 bridgehead atoms. The molecular weight excluding hydrogens is 271 g/mol. The van der Waals surface area contributed by atoms with Crippen LogP contribution in [0, 0.1) is 0 Å². The van der Waals surface area contributed by atoms with Gasteiger partial charge < -0.3 is 9.53 Å². The third kappa shape index (κ3) is 5.45. The van der Waals surface area contributed by atoms with E-state index in [0.717, 1.165) is 17.9 Å². The van der Waals surface area contributed by atoms with Crippen LogP contribution in [0.25, 0.3) is 0 Å². The first kappa shape index (κ1) is 18.8. The Morgan fingerprint density at radius 1 is 1.33 bits per heavy atom. The average molecular weight is 295 g/mol. The van der Waals surface area contributed by atoms with E-state index in [1.807, 2.05) is 0 Å². The van der Waals surface area contributed by atoms with Gasteiger partial charge in [-0.05, 0) is 41.6 Å². The molecule has 0 aliphatic heterocycles. The summed E-state index contributed by atoms with van der Waals surface area (Å²) in [5, 5.41) is 11.4. The molecule has 0 aliphatic carbocycles. The number of rotatable bonds is 5. The molecule has 1 rings (SSSR count). The Morgan fingerprint density at radius 2 is 1.94 bits per heavy atom. The van der Waals surface area contributed by atoms with Gasteiger partial charge in [0.05, 0.1) is 6.61 Å². The Balaban J connectivity index is 0.00000289. The molecule has 0 fully saturated rings. The van der Waals surface area contributed by atoms with E-state index in [0.29, 0.717) is 0 Å². The minimum atomic E-state index is -1.61. The van der Waals surface area contributed by atoms with Crippen molar-refractivity contribution in [3.63, 3.8) is 0 Å². The molecule has 5 heteroatoms. The minimum Gasteiger partial charge on any atom is -0.416 e. The summed E-state index contributed by atoms with van der Waals surface area (Å²) >= 11 is 1.62. The second kappa shape index (κ2) is 7.57. The predicted octanol–water partition coefficient (Wildman–Crippen LogP) is 3.42. The van der Waals surface area contributed by atoms with Gasteiger partial charge >= 0.3 is 0 Å². The Hall–Kier alpha value is 0.837. The van der Waals surface area contributed by atoms with Crippen LogP contribution in [-0.2, 0) is 17.5 Å². The Morgan fingerprint density at radius 3 is 2.39 bits per heavy atom. The van der Waals surface area contributed by atoms with Gasteiger partial charge in [0.25, 0.3) is 0 Å². The van der Waals surface area contributed by atoms with Crippen LogP contribution in [0.4, 0.5) is 0 Å². The van der Waals surface area contributed by atoms with E-state index in [1.54, 1.807) is 11.3 Å². The summed E-state index contributed by atoms with van der Waals surface area (Å²) in [6, 6.07) is 2.07. The molecule has 0 saturated heterocycles. The first-order valence-corrected chi connectivity index (χ1v) is 9.86. The third-order valence-electron chi connectivity index (χ3n) is 3.52. The molecule has 1 radical (unpaired) electrons. The van der Waals surface area contributed by atoms with Crippen molar-refractivity contribution >= 4 is 49.2 Å². The standard InChI is InChI=1S/C13H24O2SSi.Na/c1-13(2,3)17(4,5)15-7-6-11-8-12(9-14)16-10-11;/h8,10,14H,6-7,9H2,1-5H3;. The van der Waals surface area contributed by atoms with Crippen LogP contribution in [0.15, 0.2) is 11.4 Å². The first-order chi connectivity index (χ1) is 7.76. The van der Waals surface area contributed by atoms with Gasteiger partial charge in [-0.3, -0.25) is 0 Å². The van der Waals surface area contributed by atoms with Crippen molar-refractivity contribution in [3.8, 4) is 0 Å². The summed E-state index contributed by atoms with van der Waals surface area (Å²) in [6.45, 7) is 12.3. The molecule has 0 saturated carbocycles. The topological polar surface area (TPSA) is 29.5 Å². The zero-order valence-electron chi connectivity index (χ0n) is 12.5. The van der Waals surface area contributed by atoms with Gasteiger partial charge in [0, 0.05) is 41.0 Å². The molecule has 1 N–H and O–H groups in total. The maximum absolute atomic E-state index is 9.00. The number of aliphatic hydroxyl groups is 1. The minimum absolute atomic E-state index is 0. The molecule has 18 heavy (non-hydrogen) atoms. The molecular formula is C13H24NaO2SSi. The van der Waals surface area contributed by atoms with Gasteiger partial charge in [-0.15, -0.1) is 11.3 Å². The van der Waals surface area contributed by atoms with Gasteiger partial charge in [-0.2, -0.15) is 0 Å². The summed E-state index contributed by atoms with van der Waals surface area (Å²) in [5.74, 6) is 0. The first-order valence-electron chi connectivity index (χ1n) is 6.07. The molecule has 0 spiro atoms. The van der Waals surface area contributed by atoms with Crippen LogP contribution < -0.4 is 0 Å². The molecule has 0 aliphatic rings. The fourth-order valence-electron chi connectivity index (χ4n) is 1.28. The number of aliphatic hydroxyl groups excluding tert-OH is 1. The number of hydrogen-bond acceptors (Lipinski definition) is 3. The fourth-order valence-corrected chi connectivity index (χ4v) is 3.11. The monoisotopic (exact) mass is 295 g/mol. The van der Waals surface area contributed by atoms with E-state index in [4.69, 9.17) is 9.53 Å². The van der Waals surface area contributed by atoms with Crippen molar-refractivity contribution in [2.24, 2.45) is 0 Å². The predicted molar refractivity (Wildman–Crippen MR) is 82.8 cm³/mol. The third-order valence-corrected chi connectivity index (χ3v) is 9.03. The van der Waals surface area contributed by atoms with E-state index in [1.165, 1.54) is 5.56 Å². The maximum atomic E-state index is 9.00. The van der Waals surface area contributed by atoms with Crippen LogP contribution in [0.1, 0.15) is 31.2 Å². The second-order valence-electron chi connectivity index (χ2n) is 5.94. The molecule has 2 nitrogen and oxygen atoms in total. The van der Waals surface area contributed by atoms with E-state index < -0.39 is 8.32 Å². The van der Waals surface area contributed by atoms with E-state index >= 15 is 0 Å². The van der Waals surface area contributed by atoms with E-state index in [2.05, 4.69) is 45.3 Å². The van der Waals surface area contributed by atoms with Crippen molar-refractivity contribution in [3.05, 3.63) is 21.9 Å². The van der Waals surface area contributed by atoms with Crippen molar-refractivity contribution in [1.29, 1.82) is 0 Å². The van der Waals surface area contributed by atoms with E-state index in [-0.39, 0.29) is 41.2 Å². The quantitative estimate of drug-likeness (QED) is 0.843.